The summed E-state index contributed by atoms with van der Waals surface area (Å²) in [7, 11) is 1.79. The third-order valence-corrected chi connectivity index (χ3v) is 8.80. The third kappa shape index (κ3) is 2.73. The Morgan fingerprint density at radius 1 is 1.26 bits per heavy atom. The summed E-state index contributed by atoms with van der Waals surface area (Å²) in [6, 6.07) is 3.29. The van der Waals surface area contributed by atoms with Crippen molar-refractivity contribution in [3.63, 3.8) is 0 Å². The van der Waals surface area contributed by atoms with Crippen LogP contribution in [0.5, 0.6) is 5.75 Å². The zero-order valence-electron chi connectivity index (χ0n) is 16.8. The van der Waals surface area contributed by atoms with Crippen LogP contribution in [0.25, 0.3) is 0 Å². The molecule has 0 radical (unpaired) electrons. The van der Waals surface area contributed by atoms with Crippen molar-refractivity contribution in [2.24, 2.45) is 5.92 Å². The highest BCUT2D eigenvalue weighted by Crippen LogP contribution is 2.62. The molecule has 0 aromatic heterocycles. The second-order valence-corrected chi connectivity index (χ2v) is 10.8. The number of hydrogen-bond donors (Lipinski definition) is 1. The van der Waals surface area contributed by atoms with Gasteiger partial charge in [-0.15, -0.1) is 0 Å². The van der Waals surface area contributed by atoms with Gasteiger partial charge in [-0.3, -0.25) is 0 Å². The molecule has 1 heterocycles. The van der Waals surface area contributed by atoms with E-state index in [4.69, 9.17) is 0 Å². The minimum atomic E-state index is -3.65. The maximum atomic E-state index is 13.4. The lowest BCUT2D eigenvalue weighted by Gasteiger charge is -2.67. The molecule has 0 spiro atoms. The minimum Gasteiger partial charge on any atom is -0.506 e. The molecule has 150 valence electrons. The Morgan fingerprint density at radius 2 is 1.93 bits per heavy atom. The van der Waals surface area contributed by atoms with Gasteiger partial charge in [-0.05, 0) is 37.7 Å². The summed E-state index contributed by atoms with van der Waals surface area (Å²) in [5.41, 5.74) is 1.54. The summed E-state index contributed by atoms with van der Waals surface area (Å²) in [4.78, 5) is 4.46. The zero-order chi connectivity index (χ0) is 19.6. The molecule has 7 heteroatoms. The van der Waals surface area contributed by atoms with Gasteiger partial charge in [0.1, 0.15) is 10.6 Å². The van der Waals surface area contributed by atoms with Crippen LogP contribution in [0.2, 0.25) is 0 Å². The van der Waals surface area contributed by atoms with Crippen LogP contribution in [0.15, 0.2) is 17.0 Å². The molecule has 0 unspecified atom stereocenters. The molecule has 3 aliphatic carbocycles. The molecule has 1 atom stereocenters. The lowest BCUT2D eigenvalue weighted by Crippen LogP contribution is -2.69. The van der Waals surface area contributed by atoms with Crippen LogP contribution in [0, 0.1) is 5.92 Å². The molecular weight excluding hydrogens is 362 g/mol. The lowest BCUT2D eigenvalue weighted by molar-refractivity contribution is -0.0270. The van der Waals surface area contributed by atoms with Crippen molar-refractivity contribution in [3.8, 4) is 5.75 Å². The average Bonchev–Trinajstić information content (AvgIpc) is 2.59. The van der Waals surface area contributed by atoms with Crippen LogP contribution in [-0.2, 0) is 10.0 Å². The number of nitrogens with zero attached hydrogens (tertiary/aromatic N) is 3. The first kappa shape index (κ1) is 18.9. The monoisotopic (exact) mass is 393 g/mol. The van der Waals surface area contributed by atoms with Crippen LogP contribution in [0.3, 0.4) is 0 Å². The van der Waals surface area contributed by atoms with Crippen molar-refractivity contribution in [2.75, 3.05) is 37.5 Å². The number of aromatic hydroxyl groups is 1. The zero-order valence-corrected chi connectivity index (χ0v) is 17.6. The largest absolute Gasteiger partial charge is 0.506 e. The SMILES string of the molecule is CCCC[C@@H]1CN(C23CC(C2)C3)c2cc(N(C)C)c(O)cc2S(=O)(=O)N1C. The number of hydrogen-bond acceptors (Lipinski definition) is 5. The highest BCUT2D eigenvalue weighted by molar-refractivity contribution is 7.89. The number of phenols is 1. The van der Waals surface area contributed by atoms with Gasteiger partial charge >= 0.3 is 0 Å². The van der Waals surface area contributed by atoms with Gasteiger partial charge in [0.2, 0.25) is 10.0 Å². The van der Waals surface area contributed by atoms with E-state index in [9.17, 15) is 13.5 Å². The topological polar surface area (TPSA) is 64.1 Å². The fraction of sp³-hybridized carbons (Fsp3) is 0.700. The normalized spacial score (nSPS) is 31.5. The van der Waals surface area contributed by atoms with E-state index < -0.39 is 10.0 Å². The number of benzene rings is 1. The van der Waals surface area contributed by atoms with E-state index in [2.05, 4.69) is 11.8 Å². The first-order valence-electron chi connectivity index (χ1n) is 9.99. The number of unbranched alkanes of at least 4 members (excludes halogenated alkanes) is 1. The number of fused-ring (bicyclic) bond motifs is 1. The molecule has 3 fully saturated rings. The van der Waals surface area contributed by atoms with Crippen LogP contribution >= 0.6 is 0 Å². The van der Waals surface area contributed by atoms with Gasteiger partial charge in [0.05, 0.1) is 11.4 Å². The van der Waals surface area contributed by atoms with Crippen molar-refractivity contribution in [2.45, 2.75) is 61.9 Å². The summed E-state index contributed by atoms with van der Waals surface area (Å²) < 4.78 is 28.3. The number of phenolic OH excluding ortho intramolecular Hbond substituents is 1. The molecule has 2 bridgehead atoms. The molecular formula is C20H31N3O3S. The van der Waals surface area contributed by atoms with Gasteiger partial charge in [0.15, 0.2) is 0 Å². The van der Waals surface area contributed by atoms with Gasteiger partial charge in [-0.25, -0.2) is 8.42 Å². The van der Waals surface area contributed by atoms with Gasteiger partial charge in [-0.1, -0.05) is 19.8 Å². The van der Waals surface area contributed by atoms with Crippen molar-refractivity contribution in [1.82, 2.24) is 4.31 Å². The molecule has 6 nitrogen and oxygen atoms in total. The molecule has 1 aliphatic heterocycles. The quantitative estimate of drug-likeness (QED) is 0.833. The van der Waals surface area contributed by atoms with Crippen LogP contribution < -0.4 is 9.80 Å². The van der Waals surface area contributed by atoms with Crippen LogP contribution in [0.4, 0.5) is 11.4 Å². The summed E-state index contributed by atoms with van der Waals surface area (Å²) >= 11 is 0. The molecule has 1 aromatic carbocycles. The molecule has 0 amide bonds. The average molecular weight is 394 g/mol. The Hall–Kier alpha value is -1.47. The van der Waals surface area contributed by atoms with E-state index in [0.717, 1.165) is 56.7 Å². The van der Waals surface area contributed by atoms with E-state index in [-0.39, 0.29) is 22.2 Å². The summed E-state index contributed by atoms with van der Waals surface area (Å²) in [5, 5.41) is 10.5. The first-order chi connectivity index (χ1) is 12.7. The minimum absolute atomic E-state index is 0.0141. The van der Waals surface area contributed by atoms with E-state index in [0.29, 0.717) is 5.69 Å². The Kier molecular flexibility index (Phi) is 4.38. The number of sulfonamides is 1. The maximum absolute atomic E-state index is 13.4. The summed E-state index contributed by atoms with van der Waals surface area (Å²) in [6.07, 6.45) is 6.41. The molecule has 1 N–H and O–H groups in total. The fourth-order valence-corrected chi connectivity index (χ4v) is 6.59. The van der Waals surface area contributed by atoms with Crippen molar-refractivity contribution in [3.05, 3.63) is 12.1 Å². The number of likely N-dealkylation sites (N-methyl/N-ethyl adjacent to an activating group) is 1. The van der Waals surface area contributed by atoms with Gasteiger partial charge in [0.25, 0.3) is 0 Å². The maximum Gasteiger partial charge on any atom is 0.245 e. The molecule has 27 heavy (non-hydrogen) atoms. The Labute approximate surface area is 162 Å². The van der Waals surface area contributed by atoms with Gasteiger partial charge in [-0.2, -0.15) is 4.31 Å². The van der Waals surface area contributed by atoms with Crippen molar-refractivity contribution >= 4 is 21.4 Å². The van der Waals surface area contributed by atoms with Gasteiger partial charge in [0, 0.05) is 45.3 Å². The Balaban J connectivity index is 1.87. The molecule has 0 saturated heterocycles. The van der Waals surface area contributed by atoms with E-state index in [1.807, 2.05) is 25.1 Å². The predicted octanol–water partition coefficient (Wildman–Crippen LogP) is 3.01. The molecule has 5 rings (SSSR count). The van der Waals surface area contributed by atoms with E-state index in [1.165, 1.54) is 6.07 Å². The standard InChI is InChI=1S/C20H31N3O3S/c1-5-6-7-15-13-23(20-10-14(11-20)12-20)17-8-16(21(2)3)18(24)9-19(17)27(25,26)22(15)4/h8-9,14-15,24H,5-7,10-13H2,1-4H3/t14?,15-,20?/m1/s1. The van der Waals surface area contributed by atoms with Crippen molar-refractivity contribution < 1.29 is 13.5 Å². The predicted molar refractivity (Wildman–Crippen MR) is 108 cm³/mol. The first-order valence-corrected chi connectivity index (χ1v) is 11.4. The highest BCUT2D eigenvalue weighted by atomic mass is 32.2. The Bertz CT molecular complexity index is 835. The third-order valence-electron chi connectivity index (χ3n) is 6.86. The highest BCUT2D eigenvalue weighted by Gasteiger charge is 2.61. The number of rotatable bonds is 5. The van der Waals surface area contributed by atoms with Gasteiger partial charge < -0.3 is 14.9 Å². The molecule has 4 aliphatic rings. The molecule has 1 aromatic rings. The van der Waals surface area contributed by atoms with Crippen LogP contribution in [0.1, 0.15) is 45.4 Å². The van der Waals surface area contributed by atoms with E-state index >= 15 is 0 Å². The Morgan fingerprint density at radius 3 is 2.44 bits per heavy atom. The summed E-state index contributed by atoms with van der Waals surface area (Å²) in [6.45, 7) is 2.87. The molecule has 3 saturated carbocycles. The number of anilines is 2. The summed E-state index contributed by atoms with van der Waals surface area (Å²) in [5.74, 6) is 0.825. The second-order valence-electron chi connectivity index (χ2n) is 8.83. The van der Waals surface area contributed by atoms with E-state index in [1.54, 1.807) is 11.4 Å². The smallest absolute Gasteiger partial charge is 0.245 e. The van der Waals surface area contributed by atoms with Crippen molar-refractivity contribution in [1.29, 1.82) is 0 Å². The van der Waals surface area contributed by atoms with Crippen LogP contribution in [-0.4, -0.2) is 57.1 Å². The lowest BCUT2D eigenvalue weighted by atomic mass is 9.49. The second kappa shape index (κ2) is 6.27. The fourth-order valence-electron chi connectivity index (χ4n) is 5.02.